The van der Waals surface area contributed by atoms with E-state index in [1.54, 1.807) is 5.38 Å². The van der Waals surface area contributed by atoms with Crippen LogP contribution in [0.4, 0.5) is 13.2 Å². The van der Waals surface area contributed by atoms with Crippen LogP contribution in [0.25, 0.3) is 11.3 Å². The third kappa shape index (κ3) is 3.76. The minimum Gasteiger partial charge on any atom is -0.488 e. The Bertz CT molecular complexity index is 828. The minimum absolute atomic E-state index is 0.280. The SMILES string of the molecule is Cc1nc(-c2cc(C(F)(F)F)ccc2OCc2ccccc2)cs1. The van der Waals surface area contributed by atoms with Gasteiger partial charge >= 0.3 is 6.18 Å². The lowest BCUT2D eigenvalue weighted by Crippen LogP contribution is -2.06. The maximum Gasteiger partial charge on any atom is 0.416 e. The summed E-state index contributed by atoms with van der Waals surface area (Å²) in [4.78, 5) is 4.29. The van der Waals surface area contributed by atoms with Crippen LogP contribution in [0.3, 0.4) is 0 Å². The molecule has 0 radical (unpaired) electrons. The molecule has 2 aromatic carbocycles. The molecule has 0 amide bonds. The molecule has 2 nitrogen and oxygen atoms in total. The largest absolute Gasteiger partial charge is 0.488 e. The highest BCUT2D eigenvalue weighted by Crippen LogP contribution is 2.37. The summed E-state index contributed by atoms with van der Waals surface area (Å²) < 4.78 is 44.8. The van der Waals surface area contributed by atoms with Gasteiger partial charge in [0.2, 0.25) is 0 Å². The molecule has 0 N–H and O–H groups in total. The third-order valence-corrected chi connectivity index (χ3v) is 4.21. The summed E-state index contributed by atoms with van der Waals surface area (Å²) in [6.45, 7) is 2.09. The summed E-state index contributed by atoms with van der Waals surface area (Å²) in [5.74, 6) is 0.386. The van der Waals surface area contributed by atoms with Crippen molar-refractivity contribution in [1.82, 2.24) is 4.98 Å². The van der Waals surface area contributed by atoms with Crippen molar-refractivity contribution in [1.29, 1.82) is 0 Å². The lowest BCUT2D eigenvalue weighted by atomic mass is 10.1. The van der Waals surface area contributed by atoms with E-state index in [0.29, 0.717) is 17.0 Å². The van der Waals surface area contributed by atoms with Crippen LogP contribution in [0.2, 0.25) is 0 Å². The molecule has 0 spiro atoms. The number of ether oxygens (including phenoxy) is 1. The summed E-state index contributed by atoms with van der Waals surface area (Å²) in [7, 11) is 0. The summed E-state index contributed by atoms with van der Waals surface area (Å²) in [5.41, 5.74) is 1.07. The van der Waals surface area contributed by atoms with Gasteiger partial charge in [0.25, 0.3) is 0 Å². The van der Waals surface area contributed by atoms with Gasteiger partial charge in [-0.15, -0.1) is 11.3 Å². The molecule has 0 atom stereocenters. The highest BCUT2D eigenvalue weighted by Gasteiger charge is 2.31. The van der Waals surface area contributed by atoms with Crippen molar-refractivity contribution >= 4 is 11.3 Å². The number of hydrogen-bond acceptors (Lipinski definition) is 3. The average Bonchev–Trinajstić information content (AvgIpc) is 2.99. The van der Waals surface area contributed by atoms with Crippen LogP contribution in [-0.4, -0.2) is 4.98 Å². The molecule has 124 valence electrons. The minimum atomic E-state index is -4.40. The first-order chi connectivity index (χ1) is 11.4. The first-order valence-corrected chi connectivity index (χ1v) is 8.12. The Balaban J connectivity index is 1.95. The first kappa shape index (κ1) is 16.5. The molecule has 1 aromatic heterocycles. The molecule has 0 aliphatic rings. The molecule has 0 saturated carbocycles. The fourth-order valence-corrected chi connectivity index (χ4v) is 2.87. The lowest BCUT2D eigenvalue weighted by Gasteiger charge is -2.13. The molecule has 0 saturated heterocycles. The molecule has 24 heavy (non-hydrogen) atoms. The van der Waals surface area contributed by atoms with Gasteiger partial charge in [-0.05, 0) is 30.7 Å². The van der Waals surface area contributed by atoms with Gasteiger partial charge in [0.15, 0.2) is 0 Å². The van der Waals surface area contributed by atoms with Crippen LogP contribution >= 0.6 is 11.3 Å². The second-order valence-electron chi connectivity index (χ2n) is 5.23. The van der Waals surface area contributed by atoms with Gasteiger partial charge in [-0.3, -0.25) is 0 Å². The number of aryl methyl sites for hydroxylation is 1. The summed E-state index contributed by atoms with van der Waals surface area (Å²) in [6, 6.07) is 12.9. The standard InChI is InChI=1S/C18H14F3NOS/c1-12-22-16(11-24-12)15-9-14(18(19,20)21)7-8-17(15)23-10-13-5-3-2-4-6-13/h2-9,11H,10H2,1H3. The van der Waals surface area contributed by atoms with Crippen molar-refractivity contribution in [3.63, 3.8) is 0 Å². The van der Waals surface area contributed by atoms with E-state index in [1.165, 1.54) is 17.4 Å². The van der Waals surface area contributed by atoms with Crippen molar-refractivity contribution in [2.45, 2.75) is 19.7 Å². The molecular weight excluding hydrogens is 335 g/mol. The highest BCUT2D eigenvalue weighted by atomic mass is 32.1. The Morgan fingerprint density at radius 1 is 1.08 bits per heavy atom. The summed E-state index contributed by atoms with van der Waals surface area (Å²) in [6.07, 6.45) is -4.40. The summed E-state index contributed by atoms with van der Waals surface area (Å²) in [5, 5.41) is 2.52. The Morgan fingerprint density at radius 3 is 2.46 bits per heavy atom. The van der Waals surface area contributed by atoms with Crippen LogP contribution in [-0.2, 0) is 12.8 Å². The van der Waals surface area contributed by atoms with E-state index >= 15 is 0 Å². The Hall–Kier alpha value is -2.34. The Labute approximate surface area is 141 Å². The zero-order valence-electron chi connectivity index (χ0n) is 12.8. The number of hydrogen-bond donors (Lipinski definition) is 0. The summed E-state index contributed by atoms with van der Waals surface area (Å²) >= 11 is 1.39. The Kier molecular flexibility index (Phi) is 4.57. The van der Waals surface area contributed by atoms with Gasteiger partial charge in [0.05, 0.1) is 16.3 Å². The second kappa shape index (κ2) is 6.65. The van der Waals surface area contributed by atoms with Crippen LogP contribution in [0.15, 0.2) is 53.9 Å². The quantitative estimate of drug-likeness (QED) is 0.601. The molecule has 0 fully saturated rings. The van der Waals surface area contributed by atoms with Crippen molar-refractivity contribution in [2.75, 3.05) is 0 Å². The molecule has 1 heterocycles. The van der Waals surface area contributed by atoms with Gasteiger partial charge in [0, 0.05) is 10.9 Å². The van der Waals surface area contributed by atoms with Crippen molar-refractivity contribution in [3.8, 4) is 17.0 Å². The van der Waals surface area contributed by atoms with E-state index in [0.717, 1.165) is 22.7 Å². The van der Waals surface area contributed by atoms with E-state index < -0.39 is 11.7 Å². The number of nitrogens with zero attached hydrogens (tertiary/aromatic N) is 1. The number of benzene rings is 2. The van der Waals surface area contributed by atoms with Gasteiger partial charge in [-0.25, -0.2) is 4.98 Å². The average molecular weight is 349 g/mol. The van der Waals surface area contributed by atoms with E-state index in [4.69, 9.17) is 4.74 Å². The topological polar surface area (TPSA) is 22.1 Å². The van der Waals surface area contributed by atoms with Gasteiger partial charge in [-0.2, -0.15) is 13.2 Å². The molecule has 0 unspecified atom stereocenters. The number of thiazole rings is 1. The third-order valence-electron chi connectivity index (χ3n) is 3.44. The molecule has 3 aromatic rings. The fourth-order valence-electron chi connectivity index (χ4n) is 2.25. The first-order valence-electron chi connectivity index (χ1n) is 7.24. The van der Waals surface area contributed by atoms with Crippen LogP contribution < -0.4 is 4.74 Å². The van der Waals surface area contributed by atoms with E-state index in [9.17, 15) is 13.2 Å². The molecule has 0 bridgehead atoms. The Morgan fingerprint density at radius 2 is 1.83 bits per heavy atom. The van der Waals surface area contributed by atoms with Crippen molar-refractivity contribution < 1.29 is 17.9 Å². The number of alkyl halides is 3. The van der Waals surface area contributed by atoms with Crippen LogP contribution in [0.5, 0.6) is 5.75 Å². The normalized spacial score (nSPS) is 11.5. The molecule has 0 aliphatic heterocycles. The van der Waals surface area contributed by atoms with E-state index in [-0.39, 0.29) is 6.61 Å². The zero-order valence-corrected chi connectivity index (χ0v) is 13.6. The zero-order chi connectivity index (χ0) is 17.2. The molecule has 0 aliphatic carbocycles. The van der Waals surface area contributed by atoms with Gasteiger partial charge < -0.3 is 4.74 Å². The van der Waals surface area contributed by atoms with Crippen LogP contribution in [0.1, 0.15) is 16.1 Å². The van der Waals surface area contributed by atoms with Crippen molar-refractivity contribution in [2.24, 2.45) is 0 Å². The van der Waals surface area contributed by atoms with E-state index in [2.05, 4.69) is 4.98 Å². The highest BCUT2D eigenvalue weighted by molar-refractivity contribution is 7.09. The van der Waals surface area contributed by atoms with E-state index in [1.807, 2.05) is 37.3 Å². The predicted molar refractivity (Wildman–Crippen MR) is 88.1 cm³/mol. The predicted octanol–water partition coefficient (Wildman–Crippen LogP) is 5.72. The second-order valence-corrected chi connectivity index (χ2v) is 6.30. The smallest absolute Gasteiger partial charge is 0.416 e. The fraction of sp³-hybridized carbons (Fsp3) is 0.167. The number of halogens is 3. The van der Waals surface area contributed by atoms with Crippen LogP contribution in [0, 0.1) is 6.92 Å². The molecule has 6 heteroatoms. The maximum absolute atomic E-state index is 13.0. The monoisotopic (exact) mass is 349 g/mol. The molecule has 3 rings (SSSR count). The van der Waals surface area contributed by atoms with Gasteiger partial charge in [-0.1, -0.05) is 30.3 Å². The van der Waals surface area contributed by atoms with Gasteiger partial charge in [0.1, 0.15) is 12.4 Å². The number of rotatable bonds is 4. The molecular formula is C18H14F3NOS. The maximum atomic E-state index is 13.0. The lowest BCUT2D eigenvalue weighted by molar-refractivity contribution is -0.137. The van der Waals surface area contributed by atoms with Crippen molar-refractivity contribution in [3.05, 3.63) is 70.0 Å². The number of aromatic nitrogens is 1.